The fourth-order valence-corrected chi connectivity index (χ4v) is 3.54. The molecule has 2 aliphatic rings. The largest absolute Gasteiger partial charge is 0.303 e. The zero-order chi connectivity index (χ0) is 14.4. The second-order valence-corrected chi connectivity index (χ2v) is 6.64. The maximum Gasteiger partial charge on any atom is 0.103 e. The zero-order valence-corrected chi connectivity index (χ0v) is 13.2. The van der Waals surface area contributed by atoms with E-state index in [4.69, 9.17) is 5.26 Å². The van der Waals surface area contributed by atoms with Gasteiger partial charge in [0, 0.05) is 12.6 Å². The van der Waals surface area contributed by atoms with E-state index in [-0.39, 0.29) is 5.54 Å². The first-order chi connectivity index (χ1) is 9.67. The van der Waals surface area contributed by atoms with E-state index in [2.05, 4.69) is 21.2 Å². The van der Waals surface area contributed by atoms with Crippen molar-refractivity contribution in [3.8, 4) is 6.07 Å². The summed E-state index contributed by atoms with van der Waals surface area (Å²) in [7, 11) is 1.88. The maximum atomic E-state index is 9.14. The summed E-state index contributed by atoms with van der Waals surface area (Å²) in [6.45, 7) is 8.34. The van der Waals surface area contributed by atoms with Crippen LogP contribution in [0.2, 0.25) is 0 Å². The predicted molar refractivity (Wildman–Crippen MR) is 82.6 cm³/mol. The number of rotatable bonds is 6. The first-order valence-corrected chi connectivity index (χ1v) is 8.23. The Morgan fingerprint density at radius 1 is 1.25 bits per heavy atom. The summed E-state index contributed by atoms with van der Waals surface area (Å²) < 4.78 is 0. The monoisotopic (exact) mass is 278 g/mol. The highest BCUT2D eigenvalue weighted by atomic mass is 15.3. The van der Waals surface area contributed by atoms with E-state index in [1.54, 1.807) is 0 Å². The molecule has 2 fully saturated rings. The van der Waals surface area contributed by atoms with Crippen molar-refractivity contribution in [1.29, 1.82) is 5.26 Å². The van der Waals surface area contributed by atoms with Gasteiger partial charge in [-0.2, -0.15) is 5.26 Å². The van der Waals surface area contributed by atoms with Gasteiger partial charge in [0.1, 0.15) is 5.54 Å². The standard InChI is InChI=1S/C16H30N4/c1-16(14-17,18-2)8-3-4-9-19-10-6-12-20-11-5-7-15(20)13-19/h15,18H,3-13H2,1-2H3. The van der Waals surface area contributed by atoms with Gasteiger partial charge in [0.15, 0.2) is 0 Å². The van der Waals surface area contributed by atoms with Crippen LogP contribution in [-0.2, 0) is 0 Å². The van der Waals surface area contributed by atoms with Crippen molar-refractivity contribution in [1.82, 2.24) is 15.1 Å². The van der Waals surface area contributed by atoms with Gasteiger partial charge in [-0.3, -0.25) is 4.90 Å². The molecule has 114 valence electrons. The molecule has 2 atom stereocenters. The molecule has 2 unspecified atom stereocenters. The molecule has 0 radical (unpaired) electrons. The van der Waals surface area contributed by atoms with E-state index in [1.165, 1.54) is 58.4 Å². The average molecular weight is 278 g/mol. The van der Waals surface area contributed by atoms with E-state index in [0.717, 1.165) is 18.9 Å². The quantitative estimate of drug-likeness (QED) is 0.753. The number of hydrogen-bond donors (Lipinski definition) is 1. The minimum Gasteiger partial charge on any atom is -0.303 e. The van der Waals surface area contributed by atoms with Crippen LogP contribution in [0.1, 0.15) is 45.4 Å². The highest BCUT2D eigenvalue weighted by Gasteiger charge is 2.28. The number of nitriles is 1. The van der Waals surface area contributed by atoms with E-state index in [9.17, 15) is 0 Å². The molecule has 0 aromatic carbocycles. The Morgan fingerprint density at radius 2 is 2.05 bits per heavy atom. The summed E-state index contributed by atoms with van der Waals surface area (Å²) in [5.41, 5.74) is -0.346. The molecule has 0 spiro atoms. The fraction of sp³-hybridized carbons (Fsp3) is 0.938. The molecule has 4 nitrogen and oxygen atoms in total. The molecule has 20 heavy (non-hydrogen) atoms. The molecule has 0 aliphatic carbocycles. The maximum absolute atomic E-state index is 9.14. The molecule has 2 saturated heterocycles. The minimum absolute atomic E-state index is 0.346. The van der Waals surface area contributed by atoms with Crippen molar-refractivity contribution in [3.63, 3.8) is 0 Å². The summed E-state index contributed by atoms with van der Waals surface area (Å²) in [5, 5.41) is 12.3. The molecular formula is C16H30N4. The van der Waals surface area contributed by atoms with Gasteiger partial charge in [0.05, 0.1) is 6.07 Å². The van der Waals surface area contributed by atoms with Crippen LogP contribution in [0.15, 0.2) is 0 Å². The van der Waals surface area contributed by atoms with Crippen LogP contribution in [0.5, 0.6) is 0 Å². The number of unbranched alkanes of at least 4 members (excludes halogenated alkanes) is 1. The number of fused-ring (bicyclic) bond motifs is 1. The van der Waals surface area contributed by atoms with Crippen LogP contribution < -0.4 is 5.32 Å². The molecule has 1 N–H and O–H groups in total. The van der Waals surface area contributed by atoms with E-state index in [0.29, 0.717) is 0 Å². The van der Waals surface area contributed by atoms with E-state index in [1.807, 2.05) is 14.0 Å². The smallest absolute Gasteiger partial charge is 0.103 e. The SMILES string of the molecule is CNC(C)(C#N)CCCCN1CCCN2CCCC2C1. The van der Waals surface area contributed by atoms with Crippen LogP contribution in [0, 0.1) is 11.3 Å². The average Bonchev–Trinajstić information content (AvgIpc) is 2.81. The summed E-state index contributed by atoms with van der Waals surface area (Å²) in [5.74, 6) is 0. The molecule has 0 amide bonds. The van der Waals surface area contributed by atoms with Crippen molar-refractivity contribution < 1.29 is 0 Å². The van der Waals surface area contributed by atoms with Gasteiger partial charge in [0.25, 0.3) is 0 Å². The van der Waals surface area contributed by atoms with Crippen molar-refractivity contribution >= 4 is 0 Å². The Labute approximate surface area is 124 Å². The van der Waals surface area contributed by atoms with Gasteiger partial charge in [0.2, 0.25) is 0 Å². The summed E-state index contributed by atoms with van der Waals surface area (Å²) in [4.78, 5) is 5.34. The second-order valence-electron chi connectivity index (χ2n) is 6.64. The predicted octanol–water partition coefficient (Wildman–Crippen LogP) is 1.83. The highest BCUT2D eigenvalue weighted by Crippen LogP contribution is 2.21. The van der Waals surface area contributed by atoms with Gasteiger partial charge in [-0.25, -0.2) is 0 Å². The van der Waals surface area contributed by atoms with Crippen molar-refractivity contribution in [2.45, 2.75) is 57.0 Å². The van der Waals surface area contributed by atoms with Crippen molar-refractivity contribution in [2.24, 2.45) is 0 Å². The molecule has 0 bridgehead atoms. The van der Waals surface area contributed by atoms with Crippen LogP contribution in [0.4, 0.5) is 0 Å². The van der Waals surface area contributed by atoms with E-state index >= 15 is 0 Å². The minimum atomic E-state index is -0.346. The van der Waals surface area contributed by atoms with Gasteiger partial charge >= 0.3 is 0 Å². The first kappa shape index (κ1) is 15.8. The molecule has 0 aromatic heterocycles. The molecule has 2 aliphatic heterocycles. The Kier molecular flexibility index (Phi) is 5.83. The molecule has 2 heterocycles. The summed E-state index contributed by atoms with van der Waals surface area (Å²) >= 11 is 0. The molecule has 2 rings (SSSR count). The highest BCUT2D eigenvalue weighted by molar-refractivity contribution is 5.02. The molecule has 0 aromatic rings. The Hall–Kier alpha value is -0.630. The topological polar surface area (TPSA) is 42.3 Å². The normalized spacial score (nSPS) is 27.6. The summed E-state index contributed by atoms with van der Waals surface area (Å²) in [6.07, 6.45) is 7.40. The van der Waals surface area contributed by atoms with Gasteiger partial charge in [-0.05, 0) is 78.7 Å². The lowest BCUT2D eigenvalue weighted by atomic mass is 9.97. The van der Waals surface area contributed by atoms with Crippen LogP contribution in [0.25, 0.3) is 0 Å². The second kappa shape index (κ2) is 7.40. The number of nitrogens with one attached hydrogen (secondary N) is 1. The van der Waals surface area contributed by atoms with Crippen LogP contribution in [-0.4, -0.2) is 61.2 Å². The first-order valence-electron chi connectivity index (χ1n) is 8.23. The fourth-order valence-electron chi connectivity index (χ4n) is 3.54. The van der Waals surface area contributed by atoms with Crippen molar-refractivity contribution in [2.75, 3.05) is 39.8 Å². The lowest BCUT2D eigenvalue weighted by Gasteiger charge is -2.26. The Bertz CT molecular complexity index is 338. The van der Waals surface area contributed by atoms with Crippen molar-refractivity contribution in [3.05, 3.63) is 0 Å². The Morgan fingerprint density at radius 3 is 2.80 bits per heavy atom. The lowest BCUT2D eigenvalue weighted by molar-refractivity contribution is 0.216. The van der Waals surface area contributed by atoms with Crippen LogP contribution in [0.3, 0.4) is 0 Å². The number of nitrogens with zero attached hydrogens (tertiary/aromatic N) is 3. The van der Waals surface area contributed by atoms with Gasteiger partial charge < -0.3 is 10.2 Å². The third-order valence-electron chi connectivity index (χ3n) is 5.09. The lowest BCUT2D eigenvalue weighted by Crippen LogP contribution is -2.38. The Balaban J connectivity index is 1.67. The molecule has 4 heteroatoms. The number of hydrogen-bond acceptors (Lipinski definition) is 4. The molecular weight excluding hydrogens is 248 g/mol. The third-order valence-corrected chi connectivity index (χ3v) is 5.09. The van der Waals surface area contributed by atoms with Gasteiger partial charge in [-0.15, -0.1) is 0 Å². The van der Waals surface area contributed by atoms with E-state index < -0.39 is 0 Å². The zero-order valence-electron chi connectivity index (χ0n) is 13.2. The molecule has 0 saturated carbocycles. The van der Waals surface area contributed by atoms with Gasteiger partial charge in [-0.1, -0.05) is 0 Å². The van der Waals surface area contributed by atoms with Crippen LogP contribution >= 0.6 is 0 Å². The summed E-state index contributed by atoms with van der Waals surface area (Å²) in [6, 6.07) is 3.19. The third kappa shape index (κ3) is 4.18.